The van der Waals surface area contributed by atoms with Crippen molar-refractivity contribution in [3.8, 4) is 5.75 Å². The van der Waals surface area contributed by atoms with Crippen LogP contribution in [0.3, 0.4) is 0 Å². The molecule has 3 rings (SSSR count). The highest BCUT2D eigenvalue weighted by atomic mass is 16.5. The number of hydrogen-bond acceptors (Lipinski definition) is 3. The molecule has 2 unspecified atom stereocenters. The van der Waals surface area contributed by atoms with Gasteiger partial charge in [-0.05, 0) is 62.3 Å². The first-order valence-corrected chi connectivity index (χ1v) is 10.2. The molecule has 28 heavy (non-hydrogen) atoms. The van der Waals surface area contributed by atoms with Crippen LogP contribution in [0.2, 0.25) is 0 Å². The van der Waals surface area contributed by atoms with Crippen molar-refractivity contribution in [2.75, 3.05) is 25.5 Å². The van der Waals surface area contributed by atoms with Crippen LogP contribution < -0.4 is 20.7 Å². The number of urea groups is 1. The number of nitrogens with one attached hydrogen (secondary N) is 3. The Morgan fingerprint density at radius 2 is 2.04 bits per heavy atom. The molecule has 2 aromatic carbocycles. The van der Waals surface area contributed by atoms with Gasteiger partial charge in [0.15, 0.2) is 0 Å². The maximum Gasteiger partial charge on any atom is 0.319 e. The molecule has 5 nitrogen and oxygen atoms in total. The number of ether oxygens (including phenoxy) is 1. The summed E-state index contributed by atoms with van der Waals surface area (Å²) < 4.78 is 5.17. The first kappa shape index (κ1) is 20.2. The Labute approximate surface area is 167 Å². The van der Waals surface area contributed by atoms with Crippen LogP contribution in [-0.2, 0) is 6.42 Å². The van der Waals surface area contributed by atoms with E-state index in [1.54, 1.807) is 13.2 Å². The topological polar surface area (TPSA) is 62.4 Å². The smallest absolute Gasteiger partial charge is 0.319 e. The number of benzene rings is 2. The monoisotopic (exact) mass is 381 g/mol. The minimum Gasteiger partial charge on any atom is -0.497 e. The number of rotatable bonds is 8. The van der Waals surface area contributed by atoms with E-state index in [0.29, 0.717) is 12.6 Å². The van der Waals surface area contributed by atoms with Crippen molar-refractivity contribution in [1.82, 2.24) is 10.6 Å². The molecule has 0 spiro atoms. The van der Waals surface area contributed by atoms with Gasteiger partial charge in [0.25, 0.3) is 0 Å². The molecule has 0 bridgehead atoms. The lowest BCUT2D eigenvalue weighted by Gasteiger charge is -2.30. The number of piperidine rings is 1. The third-order valence-electron chi connectivity index (χ3n) is 5.31. The van der Waals surface area contributed by atoms with Gasteiger partial charge in [0, 0.05) is 24.3 Å². The van der Waals surface area contributed by atoms with Crippen LogP contribution in [0.15, 0.2) is 54.6 Å². The summed E-state index contributed by atoms with van der Waals surface area (Å²) in [6, 6.07) is 18.5. The zero-order valence-electron chi connectivity index (χ0n) is 16.6. The Bertz CT molecular complexity index is 736. The molecule has 5 heteroatoms. The number of amides is 2. The van der Waals surface area contributed by atoms with Gasteiger partial charge in [-0.3, -0.25) is 0 Å². The molecule has 0 saturated carbocycles. The van der Waals surface area contributed by atoms with Crippen LogP contribution in [0, 0.1) is 5.92 Å². The average molecular weight is 382 g/mol. The van der Waals surface area contributed by atoms with Gasteiger partial charge in [0.05, 0.1) is 7.11 Å². The summed E-state index contributed by atoms with van der Waals surface area (Å²) in [6.07, 6.45) is 5.68. The minimum atomic E-state index is -0.174. The highest BCUT2D eigenvalue weighted by molar-refractivity contribution is 5.89. The Morgan fingerprint density at radius 1 is 1.18 bits per heavy atom. The third-order valence-corrected chi connectivity index (χ3v) is 5.31. The molecule has 0 radical (unpaired) electrons. The van der Waals surface area contributed by atoms with Crippen LogP contribution in [0.4, 0.5) is 10.5 Å². The largest absolute Gasteiger partial charge is 0.497 e. The van der Waals surface area contributed by atoms with Crippen molar-refractivity contribution in [1.29, 1.82) is 0 Å². The molecule has 150 valence electrons. The second-order valence-electron chi connectivity index (χ2n) is 7.49. The van der Waals surface area contributed by atoms with E-state index in [1.807, 2.05) is 18.2 Å². The van der Waals surface area contributed by atoms with Crippen LogP contribution in [0.5, 0.6) is 5.75 Å². The second-order valence-corrected chi connectivity index (χ2v) is 7.49. The fourth-order valence-corrected chi connectivity index (χ4v) is 3.87. The van der Waals surface area contributed by atoms with E-state index in [0.717, 1.165) is 36.7 Å². The number of hydrogen-bond donors (Lipinski definition) is 3. The summed E-state index contributed by atoms with van der Waals surface area (Å²) >= 11 is 0. The van der Waals surface area contributed by atoms with E-state index < -0.39 is 0 Å². The Hall–Kier alpha value is -2.53. The Balaban J connectivity index is 1.33. The van der Waals surface area contributed by atoms with Gasteiger partial charge in [-0.25, -0.2) is 4.79 Å². The molecular formula is C23H31N3O2. The number of methoxy groups -OCH3 is 1. The standard InChI is InChI=1S/C23H31N3O2/c1-28-22-11-5-9-21(17-22)26-23(27)25-13-6-10-20-16-19(12-14-24-20)15-18-7-3-2-4-8-18/h2-5,7-9,11,17,19-20,24H,6,10,12-16H2,1H3,(H2,25,26,27). The minimum absolute atomic E-state index is 0.174. The summed E-state index contributed by atoms with van der Waals surface area (Å²) in [5.74, 6) is 1.48. The van der Waals surface area contributed by atoms with E-state index >= 15 is 0 Å². The van der Waals surface area contributed by atoms with Crippen molar-refractivity contribution < 1.29 is 9.53 Å². The lowest BCUT2D eigenvalue weighted by atomic mass is 9.86. The van der Waals surface area contributed by atoms with Crippen LogP contribution in [0.1, 0.15) is 31.2 Å². The molecule has 2 atom stereocenters. The van der Waals surface area contributed by atoms with E-state index in [1.165, 1.54) is 24.8 Å². The van der Waals surface area contributed by atoms with Crippen molar-refractivity contribution >= 4 is 11.7 Å². The van der Waals surface area contributed by atoms with Gasteiger partial charge in [-0.1, -0.05) is 36.4 Å². The quantitative estimate of drug-likeness (QED) is 0.600. The summed E-state index contributed by atoms with van der Waals surface area (Å²) in [4.78, 5) is 12.0. The molecule has 3 N–H and O–H groups in total. The van der Waals surface area contributed by atoms with Crippen LogP contribution >= 0.6 is 0 Å². The number of carbonyl (C=O) groups is 1. The van der Waals surface area contributed by atoms with Gasteiger partial charge in [-0.2, -0.15) is 0 Å². The summed E-state index contributed by atoms with van der Waals surface area (Å²) in [7, 11) is 1.61. The maximum absolute atomic E-state index is 12.0. The molecule has 1 aliphatic rings. The predicted molar refractivity (Wildman–Crippen MR) is 114 cm³/mol. The van der Waals surface area contributed by atoms with Crippen LogP contribution in [-0.4, -0.2) is 32.3 Å². The first-order valence-electron chi connectivity index (χ1n) is 10.2. The zero-order valence-corrected chi connectivity index (χ0v) is 16.6. The van der Waals surface area contributed by atoms with Crippen LogP contribution in [0.25, 0.3) is 0 Å². The van der Waals surface area contributed by atoms with Crippen molar-refractivity contribution in [3.63, 3.8) is 0 Å². The maximum atomic E-state index is 12.0. The molecular weight excluding hydrogens is 350 g/mol. The third kappa shape index (κ3) is 6.57. The summed E-state index contributed by atoms with van der Waals surface area (Å²) in [5, 5.41) is 9.42. The molecule has 1 aliphatic heterocycles. The van der Waals surface area contributed by atoms with Crippen molar-refractivity contribution in [2.24, 2.45) is 5.92 Å². The molecule has 1 saturated heterocycles. The highest BCUT2D eigenvalue weighted by Crippen LogP contribution is 2.23. The fraction of sp³-hybridized carbons (Fsp3) is 0.435. The molecule has 2 amide bonds. The van der Waals surface area contributed by atoms with E-state index in [9.17, 15) is 4.79 Å². The molecule has 1 heterocycles. The lowest BCUT2D eigenvalue weighted by molar-refractivity contribution is 0.250. The van der Waals surface area contributed by atoms with Crippen molar-refractivity contribution in [3.05, 3.63) is 60.2 Å². The van der Waals surface area contributed by atoms with Gasteiger partial charge in [-0.15, -0.1) is 0 Å². The van der Waals surface area contributed by atoms with E-state index in [4.69, 9.17) is 4.74 Å². The highest BCUT2D eigenvalue weighted by Gasteiger charge is 2.21. The van der Waals surface area contributed by atoms with Gasteiger partial charge < -0.3 is 20.7 Å². The Morgan fingerprint density at radius 3 is 2.86 bits per heavy atom. The average Bonchev–Trinajstić information content (AvgIpc) is 2.72. The number of carbonyl (C=O) groups excluding carboxylic acids is 1. The van der Waals surface area contributed by atoms with E-state index in [-0.39, 0.29) is 6.03 Å². The van der Waals surface area contributed by atoms with Gasteiger partial charge >= 0.3 is 6.03 Å². The summed E-state index contributed by atoms with van der Waals surface area (Å²) in [6.45, 7) is 1.77. The second kappa shape index (κ2) is 10.7. The fourth-order valence-electron chi connectivity index (χ4n) is 3.87. The Kier molecular flexibility index (Phi) is 7.73. The molecule has 2 aromatic rings. The lowest BCUT2D eigenvalue weighted by Crippen LogP contribution is -2.39. The van der Waals surface area contributed by atoms with Gasteiger partial charge in [0.2, 0.25) is 0 Å². The molecule has 1 fully saturated rings. The first-order chi connectivity index (χ1) is 13.7. The predicted octanol–water partition coefficient (Wildman–Crippen LogP) is 4.21. The number of anilines is 1. The molecule has 0 aromatic heterocycles. The van der Waals surface area contributed by atoms with Crippen molar-refractivity contribution in [2.45, 2.75) is 38.1 Å². The van der Waals surface area contributed by atoms with E-state index in [2.05, 4.69) is 46.3 Å². The van der Waals surface area contributed by atoms with Gasteiger partial charge in [0.1, 0.15) is 5.75 Å². The normalized spacial score (nSPS) is 19.0. The summed E-state index contributed by atoms with van der Waals surface area (Å²) in [5.41, 5.74) is 2.17. The molecule has 0 aliphatic carbocycles. The zero-order chi connectivity index (χ0) is 19.6. The SMILES string of the molecule is COc1cccc(NC(=O)NCCCC2CC(Cc3ccccc3)CCN2)c1.